The lowest BCUT2D eigenvalue weighted by Gasteiger charge is -2.52. The van der Waals surface area contributed by atoms with Crippen molar-refractivity contribution >= 4 is 15.8 Å². The molecule has 2 N–H and O–H groups in total. The predicted molar refractivity (Wildman–Crippen MR) is 153 cm³/mol. The van der Waals surface area contributed by atoms with Gasteiger partial charge in [-0.15, -0.1) is 9.93 Å². The van der Waals surface area contributed by atoms with E-state index in [1.807, 2.05) is 12.5 Å². The van der Waals surface area contributed by atoms with E-state index < -0.39 is 9.93 Å². The third-order valence-corrected chi connectivity index (χ3v) is 12.8. The van der Waals surface area contributed by atoms with Gasteiger partial charge in [0.2, 0.25) is 5.91 Å². The second-order valence-corrected chi connectivity index (χ2v) is 16.5. The van der Waals surface area contributed by atoms with Crippen molar-refractivity contribution in [2.45, 2.75) is 101 Å². The van der Waals surface area contributed by atoms with Gasteiger partial charge in [-0.2, -0.15) is 0 Å². The van der Waals surface area contributed by atoms with Crippen molar-refractivity contribution < 1.29 is 13.7 Å². The second-order valence-electron chi connectivity index (χ2n) is 12.9. The average Bonchev–Trinajstić information content (AvgIpc) is 3.27. The fraction of sp³-hybridized carbons (Fsp3) is 0.774. The molecule has 0 bridgehead atoms. The van der Waals surface area contributed by atoms with Gasteiger partial charge in [-0.25, -0.2) is 0 Å². The van der Waals surface area contributed by atoms with Crippen molar-refractivity contribution in [3.8, 4) is 0 Å². The molecule has 2 heterocycles. The molecule has 4 fully saturated rings. The van der Waals surface area contributed by atoms with E-state index in [0.717, 1.165) is 45.2 Å². The summed E-state index contributed by atoms with van der Waals surface area (Å²) in [5.74, 6) is 1.25. The van der Waals surface area contributed by atoms with E-state index >= 15 is 0 Å². The average molecular weight is 531 g/mol. The summed E-state index contributed by atoms with van der Waals surface area (Å²) in [6.45, 7) is 2.77. The molecule has 1 amide bonds. The van der Waals surface area contributed by atoms with Crippen LogP contribution in [0.15, 0.2) is 24.3 Å². The molecule has 37 heavy (non-hydrogen) atoms. The normalized spacial score (nSPS) is 32.9. The van der Waals surface area contributed by atoms with E-state index in [2.05, 4.69) is 29.2 Å². The lowest BCUT2D eigenvalue weighted by atomic mass is 9.56. The molecule has 5 rings (SSSR count). The van der Waals surface area contributed by atoms with Gasteiger partial charge in [0.1, 0.15) is 0 Å². The Morgan fingerprint density at radius 1 is 1.03 bits per heavy atom. The molecule has 4 aliphatic rings. The largest absolute Gasteiger partial charge is 0.377 e. The zero-order chi connectivity index (χ0) is 26.0. The highest BCUT2D eigenvalue weighted by Gasteiger charge is 2.61. The first-order chi connectivity index (χ1) is 17.8. The van der Waals surface area contributed by atoms with Gasteiger partial charge in [-0.3, -0.25) is 9.00 Å². The number of amides is 1. The fourth-order valence-electron chi connectivity index (χ4n) is 8.39. The van der Waals surface area contributed by atoms with Gasteiger partial charge in [-0.1, -0.05) is 56.4 Å². The topological polar surface area (TPSA) is 72.6 Å². The minimum Gasteiger partial charge on any atom is -0.377 e. The van der Waals surface area contributed by atoms with E-state index in [4.69, 9.17) is 10.5 Å². The van der Waals surface area contributed by atoms with Crippen LogP contribution in [0.5, 0.6) is 0 Å². The quantitative estimate of drug-likeness (QED) is 0.523. The predicted octanol–water partition coefficient (Wildman–Crippen LogP) is 5.04. The summed E-state index contributed by atoms with van der Waals surface area (Å²) in [6.07, 6.45) is 17.9. The molecule has 1 aromatic rings. The Balaban J connectivity index is 1.36. The van der Waals surface area contributed by atoms with Crippen LogP contribution in [0.1, 0.15) is 94.1 Å². The summed E-state index contributed by atoms with van der Waals surface area (Å²) in [4.78, 5) is 16.5. The van der Waals surface area contributed by atoms with Crippen LogP contribution in [-0.4, -0.2) is 58.6 Å². The molecule has 4 unspecified atom stereocenters. The maximum Gasteiger partial charge on any atom is 0.228 e. The summed E-state index contributed by atoms with van der Waals surface area (Å²) in [6, 6.07) is 8.67. The number of rotatable bonds is 5. The Bertz CT molecular complexity index is 976. The molecule has 0 radical (unpaired) electrons. The van der Waals surface area contributed by atoms with Crippen LogP contribution in [0.3, 0.4) is 0 Å². The summed E-state index contributed by atoms with van der Waals surface area (Å²) in [7, 11) is -2.23. The van der Waals surface area contributed by atoms with Crippen LogP contribution < -0.4 is 5.73 Å². The number of carbonyl (C=O) groups is 1. The lowest BCUT2D eigenvalue weighted by molar-refractivity contribution is -0.143. The number of nitrogens with two attached hydrogens (primary N) is 1. The van der Waals surface area contributed by atoms with Crippen molar-refractivity contribution in [3.05, 3.63) is 35.4 Å². The number of fused-ring (bicyclic) bond motifs is 1. The monoisotopic (exact) mass is 530 g/mol. The minimum atomic E-state index is -2.23. The maximum atomic E-state index is 14.3. The highest BCUT2D eigenvalue weighted by molar-refractivity contribution is 8.02. The van der Waals surface area contributed by atoms with Gasteiger partial charge in [0, 0.05) is 30.3 Å². The third kappa shape index (κ3) is 5.58. The van der Waals surface area contributed by atoms with E-state index in [-0.39, 0.29) is 22.7 Å². The number of carbonyl (C=O) groups excluding carboxylic acids is 1. The van der Waals surface area contributed by atoms with Crippen LogP contribution in [0.2, 0.25) is 0 Å². The molecule has 2 saturated heterocycles. The summed E-state index contributed by atoms with van der Waals surface area (Å²) < 4.78 is 19.9. The number of hydrogen-bond donors (Lipinski definition) is 2. The molecule has 5 nitrogen and oxygen atoms in total. The highest BCUT2D eigenvalue weighted by Crippen LogP contribution is 2.58. The molecular formula is C31H50N2O3S. The van der Waals surface area contributed by atoms with Gasteiger partial charge in [0.05, 0.1) is 18.6 Å². The van der Waals surface area contributed by atoms with Crippen LogP contribution in [-0.2, 0) is 26.0 Å². The molecule has 0 spiro atoms. The van der Waals surface area contributed by atoms with Crippen molar-refractivity contribution in [1.29, 1.82) is 0 Å². The number of nitrogens with zero attached hydrogens (tertiary/aromatic N) is 1. The van der Waals surface area contributed by atoms with Gasteiger partial charge in [-0.05, 0) is 80.4 Å². The molecule has 208 valence electrons. The number of piperidine rings is 1. The zero-order valence-electron chi connectivity index (χ0n) is 23.2. The number of likely N-dealkylation sites (tertiary alicyclic amines) is 1. The maximum absolute atomic E-state index is 14.3. The van der Waals surface area contributed by atoms with Crippen molar-refractivity contribution in [2.24, 2.45) is 23.0 Å². The van der Waals surface area contributed by atoms with Gasteiger partial charge in [0.15, 0.2) is 0 Å². The molecular weight excluding hydrogens is 480 g/mol. The molecule has 1 aromatic carbocycles. The van der Waals surface area contributed by atoms with E-state index in [9.17, 15) is 9.00 Å². The van der Waals surface area contributed by atoms with Crippen molar-refractivity contribution in [3.63, 3.8) is 0 Å². The van der Waals surface area contributed by atoms with Gasteiger partial charge in [0.25, 0.3) is 0 Å². The Labute approximate surface area is 225 Å². The first-order valence-electron chi connectivity index (χ1n) is 15.1. The molecule has 6 heteroatoms. The van der Waals surface area contributed by atoms with Crippen molar-refractivity contribution in [2.75, 3.05) is 32.2 Å². The van der Waals surface area contributed by atoms with Crippen LogP contribution >= 0.6 is 0 Å². The first-order valence-corrected chi connectivity index (χ1v) is 17.7. The minimum absolute atomic E-state index is 0.0756. The molecule has 4 atom stereocenters. The second kappa shape index (κ2) is 11.5. The van der Waals surface area contributed by atoms with Gasteiger partial charge >= 0.3 is 0 Å². The number of hydrogen-bond acceptors (Lipinski definition) is 4. The summed E-state index contributed by atoms with van der Waals surface area (Å²) in [5.41, 5.74) is 8.29. The number of benzene rings is 1. The number of thiol groups is 1. The Hall–Kier alpha value is -1.24. The van der Waals surface area contributed by atoms with Gasteiger partial charge < -0.3 is 15.4 Å². The highest BCUT2D eigenvalue weighted by atomic mass is 32.2. The SMILES string of the molecule is C[SH](C)(=O)C1CCC2OCC(C(=O)N3CCC(c4cccc(CN)c4)CC3)C2(C2CCCCCCC2)C1. The Morgan fingerprint density at radius 2 is 1.73 bits per heavy atom. The Morgan fingerprint density at radius 3 is 2.41 bits per heavy atom. The standard InChI is InChI=1S/C31H50N2O3S/c1-37(2,35)27-13-14-29-31(20-27,26-11-6-4-3-5-7-12-26)28(22-36-29)30(34)33-17-15-24(16-18-33)25-10-8-9-23(19-25)21-32/h8-10,19,24,26-29,37H,3-7,11-18,20-22,32H2,1-2H3. The third-order valence-electron chi connectivity index (χ3n) is 10.6. The zero-order valence-corrected chi connectivity index (χ0v) is 24.1. The molecule has 2 aliphatic carbocycles. The first kappa shape index (κ1) is 27.3. The Kier molecular flexibility index (Phi) is 8.48. The molecule has 2 aliphatic heterocycles. The summed E-state index contributed by atoms with van der Waals surface area (Å²) in [5, 5.41) is 0.228. The van der Waals surface area contributed by atoms with E-state index in [1.165, 1.54) is 56.1 Å². The van der Waals surface area contributed by atoms with E-state index in [0.29, 0.717) is 30.9 Å². The van der Waals surface area contributed by atoms with Crippen LogP contribution in [0.25, 0.3) is 0 Å². The van der Waals surface area contributed by atoms with Crippen molar-refractivity contribution in [1.82, 2.24) is 4.90 Å². The van der Waals surface area contributed by atoms with Crippen LogP contribution in [0, 0.1) is 17.3 Å². The van der Waals surface area contributed by atoms with Crippen LogP contribution in [0.4, 0.5) is 0 Å². The lowest BCUT2D eigenvalue weighted by Crippen LogP contribution is -2.55. The molecule has 2 saturated carbocycles. The summed E-state index contributed by atoms with van der Waals surface area (Å²) >= 11 is 0. The smallest absolute Gasteiger partial charge is 0.228 e. The van der Waals surface area contributed by atoms with E-state index in [1.54, 1.807) is 0 Å². The fourth-order valence-corrected chi connectivity index (χ4v) is 9.92. The molecule has 0 aromatic heterocycles. The number of ether oxygens (including phenoxy) is 1.